The molecule has 1 aromatic heterocycles. The Morgan fingerprint density at radius 3 is 2.14 bits per heavy atom. The molecule has 2 N–H and O–H groups in total. The zero-order valence-corrected chi connectivity index (χ0v) is 16.9. The predicted molar refractivity (Wildman–Crippen MR) is 107 cm³/mol. The van der Waals surface area contributed by atoms with E-state index in [9.17, 15) is 13.2 Å². The number of sulfonamides is 1. The molecule has 0 aliphatic carbocycles. The summed E-state index contributed by atoms with van der Waals surface area (Å²) in [7, 11) is 0.601. The van der Waals surface area contributed by atoms with Crippen LogP contribution >= 0.6 is 0 Å². The largest absolute Gasteiger partial charge is 0.493 e. The van der Waals surface area contributed by atoms with E-state index < -0.39 is 10.0 Å². The molecule has 0 bridgehead atoms. The van der Waals surface area contributed by atoms with Crippen LogP contribution < -0.4 is 19.3 Å². The number of methoxy groups -OCH3 is 3. The number of carbonyl (C=O) groups excluding carboxylic acids is 1. The molecule has 0 radical (unpaired) electrons. The van der Waals surface area contributed by atoms with Crippen LogP contribution in [0.4, 0.5) is 0 Å². The van der Waals surface area contributed by atoms with E-state index in [-0.39, 0.29) is 10.7 Å². The van der Waals surface area contributed by atoms with E-state index in [1.54, 1.807) is 47.3 Å². The molecule has 152 valence electrons. The Morgan fingerprint density at radius 1 is 0.931 bits per heavy atom. The lowest BCUT2D eigenvalue weighted by Crippen LogP contribution is -2.12. The van der Waals surface area contributed by atoms with Crippen molar-refractivity contribution in [3.63, 3.8) is 0 Å². The quantitative estimate of drug-likeness (QED) is 0.592. The fraction of sp³-hybridized carbons (Fsp3) is 0.150. The fourth-order valence-corrected chi connectivity index (χ4v) is 3.44. The maximum absolute atomic E-state index is 13.0. The summed E-state index contributed by atoms with van der Waals surface area (Å²) in [5.41, 5.74) is 1.32. The molecular weight excluding hydrogens is 396 g/mol. The van der Waals surface area contributed by atoms with E-state index in [2.05, 4.69) is 0 Å². The number of hydrogen-bond acceptors (Lipinski definition) is 6. The number of hydrogen-bond donors (Lipinski definition) is 1. The third kappa shape index (κ3) is 4.10. The number of aromatic nitrogens is 1. The molecule has 3 aromatic rings. The van der Waals surface area contributed by atoms with Gasteiger partial charge in [0, 0.05) is 29.2 Å². The molecule has 3 rings (SSSR count). The van der Waals surface area contributed by atoms with E-state index in [4.69, 9.17) is 19.3 Å². The highest BCUT2D eigenvalue weighted by Gasteiger charge is 2.19. The van der Waals surface area contributed by atoms with E-state index >= 15 is 0 Å². The summed E-state index contributed by atoms with van der Waals surface area (Å²) < 4.78 is 40.6. The maximum Gasteiger partial charge on any atom is 0.238 e. The van der Waals surface area contributed by atoms with Gasteiger partial charge in [0.1, 0.15) is 0 Å². The van der Waals surface area contributed by atoms with Gasteiger partial charge in [0.15, 0.2) is 17.3 Å². The number of ether oxygens (including phenoxy) is 3. The molecule has 1 heterocycles. The van der Waals surface area contributed by atoms with Gasteiger partial charge in [-0.25, -0.2) is 13.6 Å². The Balaban J connectivity index is 1.98. The first kappa shape index (κ1) is 20.4. The van der Waals surface area contributed by atoms with Gasteiger partial charge in [-0.15, -0.1) is 0 Å². The molecule has 0 spiro atoms. The summed E-state index contributed by atoms with van der Waals surface area (Å²) in [5.74, 6) is 0.875. The molecule has 0 amide bonds. The molecule has 0 unspecified atom stereocenters. The first-order chi connectivity index (χ1) is 13.8. The number of primary sulfonamides is 1. The average Bonchev–Trinajstić information content (AvgIpc) is 3.21. The van der Waals surface area contributed by atoms with Crippen molar-refractivity contribution >= 4 is 15.8 Å². The van der Waals surface area contributed by atoms with Crippen LogP contribution in [0.25, 0.3) is 5.69 Å². The van der Waals surface area contributed by atoms with Crippen molar-refractivity contribution in [1.82, 2.24) is 4.57 Å². The van der Waals surface area contributed by atoms with Crippen molar-refractivity contribution < 1.29 is 27.4 Å². The van der Waals surface area contributed by atoms with Crippen molar-refractivity contribution in [3.8, 4) is 22.9 Å². The lowest BCUT2D eigenvalue weighted by molar-refractivity contribution is 0.103. The molecule has 0 saturated heterocycles. The van der Waals surface area contributed by atoms with Crippen LogP contribution in [-0.2, 0) is 10.0 Å². The standard InChI is InChI=1S/C20H20N2O6S/c1-26-17-9-14(10-18(27-2)20(17)28-3)19(23)13-7-8-22(12-13)15-5-4-6-16(11-15)29(21,24)25/h4-12H,1-3H3,(H2,21,24,25). The van der Waals surface area contributed by atoms with E-state index in [0.29, 0.717) is 34.1 Å². The number of nitrogens with two attached hydrogens (primary N) is 1. The number of rotatable bonds is 7. The summed E-state index contributed by atoms with van der Waals surface area (Å²) in [6.07, 6.45) is 3.27. The fourth-order valence-electron chi connectivity index (χ4n) is 2.89. The predicted octanol–water partition coefficient (Wildman–Crippen LogP) is 2.38. The summed E-state index contributed by atoms with van der Waals surface area (Å²) in [5, 5.41) is 5.19. The Kier molecular flexibility index (Phi) is 5.62. The second-order valence-electron chi connectivity index (χ2n) is 6.09. The Hall–Kier alpha value is -3.30. The third-order valence-electron chi connectivity index (χ3n) is 4.33. The zero-order valence-electron chi connectivity index (χ0n) is 16.1. The van der Waals surface area contributed by atoms with Gasteiger partial charge in [0.2, 0.25) is 15.8 Å². The van der Waals surface area contributed by atoms with Crippen molar-refractivity contribution in [2.45, 2.75) is 4.90 Å². The highest BCUT2D eigenvalue weighted by Crippen LogP contribution is 2.38. The molecule has 0 fully saturated rings. The molecule has 8 nitrogen and oxygen atoms in total. The Bertz CT molecular complexity index is 1140. The van der Waals surface area contributed by atoms with Gasteiger partial charge < -0.3 is 18.8 Å². The minimum Gasteiger partial charge on any atom is -0.493 e. The van der Waals surface area contributed by atoms with Crippen LogP contribution in [0, 0.1) is 0 Å². The number of ketones is 1. The van der Waals surface area contributed by atoms with E-state index in [1.165, 1.54) is 33.5 Å². The van der Waals surface area contributed by atoms with Crippen LogP contribution in [0.1, 0.15) is 15.9 Å². The topological polar surface area (TPSA) is 110 Å². The van der Waals surface area contributed by atoms with Crippen LogP contribution in [0.3, 0.4) is 0 Å². The van der Waals surface area contributed by atoms with Crippen molar-refractivity contribution in [1.29, 1.82) is 0 Å². The van der Waals surface area contributed by atoms with Gasteiger partial charge in [-0.05, 0) is 36.4 Å². The molecular formula is C20H20N2O6S. The lowest BCUT2D eigenvalue weighted by atomic mass is 10.0. The molecule has 9 heteroatoms. The van der Waals surface area contributed by atoms with Gasteiger partial charge in [-0.2, -0.15) is 0 Å². The molecule has 29 heavy (non-hydrogen) atoms. The number of carbonyl (C=O) groups is 1. The van der Waals surface area contributed by atoms with Crippen LogP contribution in [0.15, 0.2) is 59.8 Å². The second-order valence-corrected chi connectivity index (χ2v) is 7.65. The SMILES string of the molecule is COc1cc(C(=O)c2ccn(-c3cccc(S(N)(=O)=O)c3)c2)cc(OC)c1OC. The number of nitrogens with zero attached hydrogens (tertiary/aromatic N) is 1. The summed E-state index contributed by atoms with van der Waals surface area (Å²) in [6, 6.07) is 10.9. The van der Waals surface area contributed by atoms with Crippen LogP contribution in [-0.4, -0.2) is 40.1 Å². The van der Waals surface area contributed by atoms with Crippen molar-refractivity contribution in [2.75, 3.05) is 21.3 Å². The normalized spacial score (nSPS) is 11.2. The number of benzene rings is 2. The van der Waals surface area contributed by atoms with Gasteiger partial charge in [0.05, 0.1) is 26.2 Å². The zero-order chi connectivity index (χ0) is 21.2. The maximum atomic E-state index is 13.0. The van der Waals surface area contributed by atoms with Gasteiger partial charge in [0.25, 0.3) is 0 Å². The smallest absolute Gasteiger partial charge is 0.238 e. The summed E-state index contributed by atoms with van der Waals surface area (Å²) in [6.45, 7) is 0. The van der Waals surface area contributed by atoms with Gasteiger partial charge >= 0.3 is 0 Å². The third-order valence-corrected chi connectivity index (χ3v) is 5.24. The first-order valence-electron chi connectivity index (χ1n) is 8.44. The monoisotopic (exact) mass is 416 g/mol. The molecule has 0 atom stereocenters. The Labute approximate surface area is 168 Å². The highest BCUT2D eigenvalue weighted by atomic mass is 32.2. The lowest BCUT2D eigenvalue weighted by Gasteiger charge is -2.13. The minimum absolute atomic E-state index is 0.0128. The molecule has 2 aromatic carbocycles. The Morgan fingerprint density at radius 2 is 1.59 bits per heavy atom. The second kappa shape index (κ2) is 7.98. The molecule has 0 aliphatic heterocycles. The van der Waals surface area contributed by atoms with Crippen molar-refractivity contribution in [2.24, 2.45) is 5.14 Å². The minimum atomic E-state index is -3.83. The van der Waals surface area contributed by atoms with Gasteiger partial charge in [-0.1, -0.05) is 6.07 Å². The summed E-state index contributed by atoms with van der Waals surface area (Å²) in [4.78, 5) is 13.0. The van der Waals surface area contributed by atoms with E-state index in [1.807, 2.05) is 0 Å². The van der Waals surface area contributed by atoms with Crippen molar-refractivity contribution in [3.05, 3.63) is 66.0 Å². The average molecular weight is 416 g/mol. The van der Waals surface area contributed by atoms with Gasteiger partial charge in [-0.3, -0.25) is 4.79 Å². The summed E-state index contributed by atoms with van der Waals surface area (Å²) >= 11 is 0. The molecule has 0 aliphatic rings. The highest BCUT2D eigenvalue weighted by molar-refractivity contribution is 7.89. The van der Waals surface area contributed by atoms with E-state index in [0.717, 1.165) is 0 Å². The van der Waals surface area contributed by atoms with Crippen LogP contribution in [0.2, 0.25) is 0 Å². The first-order valence-corrected chi connectivity index (χ1v) is 9.99. The van der Waals surface area contributed by atoms with Crippen LogP contribution in [0.5, 0.6) is 17.2 Å². The molecule has 0 saturated carbocycles.